The van der Waals surface area contributed by atoms with Gasteiger partial charge in [-0.05, 0) is 24.1 Å². The molecule has 0 spiro atoms. The lowest BCUT2D eigenvalue weighted by Gasteiger charge is -2.15. The van der Waals surface area contributed by atoms with Crippen molar-refractivity contribution in [2.45, 2.75) is 19.4 Å². The molecule has 6 nitrogen and oxygen atoms in total. The first-order chi connectivity index (χ1) is 11.1. The molecule has 1 atom stereocenters. The highest BCUT2D eigenvalue weighted by molar-refractivity contribution is 7.15. The van der Waals surface area contributed by atoms with Crippen LogP contribution in [0.25, 0.3) is 10.7 Å². The SMILES string of the molecule is CC(=O)NC(Cc1ccc(N)cc1)c1nnc(-c2cscn2)s1. The summed E-state index contributed by atoms with van der Waals surface area (Å²) in [4.78, 5) is 15.8. The van der Waals surface area contributed by atoms with Crippen molar-refractivity contribution in [1.29, 1.82) is 0 Å². The Balaban J connectivity index is 1.84. The molecule has 0 bridgehead atoms. The summed E-state index contributed by atoms with van der Waals surface area (Å²) in [6.07, 6.45) is 0.631. The zero-order valence-electron chi connectivity index (χ0n) is 12.4. The van der Waals surface area contributed by atoms with Crippen LogP contribution in [0.4, 0.5) is 5.69 Å². The van der Waals surface area contributed by atoms with Crippen LogP contribution in [0.5, 0.6) is 0 Å². The Morgan fingerprint density at radius 1 is 1.30 bits per heavy atom. The van der Waals surface area contributed by atoms with Gasteiger partial charge in [0.05, 0.1) is 11.6 Å². The van der Waals surface area contributed by atoms with Crippen LogP contribution in [0.3, 0.4) is 0 Å². The molecule has 2 heterocycles. The Kier molecular flexibility index (Phi) is 4.63. The fourth-order valence-electron chi connectivity index (χ4n) is 2.13. The van der Waals surface area contributed by atoms with E-state index in [9.17, 15) is 4.79 Å². The summed E-state index contributed by atoms with van der Waals surface area (Å²) in [7, 11) is 0. The van der Waals surface area contributed by atoms with E-state index in [1.807, 2.05) is 29.6 Å². The zero-order valence-corrected chi connectivity index (χ0v) is 14.0. The number of nitrogen functional groups attached to an aromatic ring is 1. The molecule has 8 heteroatoms. The minimum Gasteiger partial charge on any atom is -0.399 e. The summed E-state index contributed by atoms with van der Waals surface area (Å²) >= 11 is 2.96. The van der Waals surface area contributed by atoms with Crippen molar-refractivity contribution in [3.63, 3.8) is 0 Å². The molecule has 3 rings (SSSR count). The van der Waals surface area contributed by atoms with Crippen LogP contribution in [0.2, 0.25) is 0 Å². The second-order valence-corrected chi connectivity index (χ2v) is 6.75. The summed E-state index contributed by atoms with van der Waals surface area (Å²) in [6, 6.07) is 7.38. The maximum Gasteiger partial charge on any atom is 0.217 e. The minimum atomic E-state index is -0.221. The predicted octanol–water partition coefficient (Wildman–Crippen LogP) is 2.66. The molecule has 0 aliphatic heterocycles. The average Bonchev–Trinajstić information content (AvgIpc) is 3.19. The third-order valence-electron chi connectivity index (χ3n) is 3.19. The molecule has 23 heavy (non-hydrogen) atoms. The molecule has 0 aliphatic rings. The van der Waals surface area contributed by atoms with Gasteiger partial charge in [-0.3, -0.25) is 4.79 Å². The number of carbonyl (C=O) groups excluding carboxylic acids is 1. The van der Waals surface area contributed by atoms with Crippen molar-refractivity contribution in [3.05, 3.63) is 45.7 Å². The van der Waals surface area contributed by atoms with Crippen molar-refractivity contribution in [2.75, 3.05) is 5.73 Å². The van der Waals surface area contributed by atoms with E-state index >= 15 is 0 Å². The summed E-state index contributed by atoms with van der Waals surface area (Å²) in [5.74, 6) is -0.101. The molecule has 0 saturated carbocycles. The van der Waals surface area contributed by atoms with E-state index in [2.05, 4.69) is 20.5 Å². The Hall–Kier alpha value is -2.32. The second kappa shape index (κ2) is 6.84. The smallest absolute Gasteiger partial charge is 0.217 e. The molecule has 2 aromatic heterocycles. The number of aromatic nitrogens is 3. The number of benzene rings is 1. The van der Waals surface area contributed by atoms with Crippen molar-refractivity contribution < 1.29 is 4.79 Å². The van der Waals surface area contributed by atoms with Gasteiger partial charge in [-0.15, -0.1) is 21.5 Å². The zero-order chi connectivity index (χ0) is 16.2. The number of nitrogens with one attached hydrogen (secondary N) is 1. The van der Waals surface area contributed by atoms with Gasteiger partial charge in [0.1, 0.15) is 10.7 Å². The third kappa shape index (κ3) is 3.91. The van der Waals surface area contributed by atoms with Gasteiger partial charge in [0.15, 0.2) is 5.01 Å². The monoisotopic (exact) mass is 345 g/mol. The summed E-state index contributed by atoms with van der Waals surface area (Å²) in [5, 5.41) is 14.8. The minimum absolute atomic E-state index is 0.101. The lowest BCUT2D eigenvalue weighted by Crippen LogP contribution is -2.27. The van der Waals surface area contributed by atoms with E-state index in [4.69, 9.17) is 5.73 Å². The molecule has 1 amide bonds. The normalized spacial score (nSPS) is 12.0. The standard InChI is InChI=1S/C15H15N5OS2/c1-9(21)18-12(6-10-2-4-11(16)5-3-10)14-19-20-15(23-14)13-7-22-8-17-13/h2-5,7-8,12H,6,16H2,1H3,(H,18,21). The Labute approximate surface area is 141 Å². The van der Waals surface area contributed by atoms with E-state index in [1.54, 1.807) is 5.51 Å². The van der Waals surface area contributed by atoms with Crippen LogP contribution in [-0.4, -0.2) is 21.1 Å². The first-order valence-corrected chi connectivity index (χ1v) is 8.71. The average molecular weight is 345 g/mol. The van der Waals surface area contributed by atoms with E-state index in [0.29, 0.717) is 12.1 Å². The molecule has 1 unspecified atom stereocenters. The number of rotatable bonds is 5. The van der Waals surface area contributed by atoms with Gasteiger partial charge in [-0.1, -0.05) is 23.5 Å². The van der Waals surface area contributed by atoms with Gasteiger partial charge in [0.25, 0.3) is 0 Å². The number of nitrogens with two attached hydrogens (primary N) is 1. The lowest BCUT2D eigenvalue weighted by atomic mass is 10.1. The molecule has 1 aromatic carbocycles. The fraction of sp³-hybridized carbons (Fsp3) is 0.200. The Morgan fingerprint density at radius 3 is 2.74 bits per heavy atom. The van der Waals surface area contributed by atoms with Gasteiger partial charge in [-0.25, -0.2) is 4.98 Å². The first kappa shape index (κ1) is 15.6. The molecule has 0 saturated heterocycles. The molecular weight excluding hydrogens is 330 g/mol. The van der Waals surface area contributed by atoms with Gasteiger partial charge in [0, 0.05) is 18.0 Å². The Bertz CT molecular complexity index is 783. The van der Waals surface area contributed by atoms with Crippen LogP contribution in [-0.2, 0) is 11.2 Å². The van der Waals surface area contributed by atoms with Crippen LogP contribution in [0.15, 0.2) is 35.2 Å². The number of amides is 1. The molecule has 0 aliphatic carbocycles. The van der Waals surface area contributed by atoms with Gasteiger partial charge in [0.2, 0.25) is 5.91 Å². The highest BCUT2D eigenvalue weighted by Gasteiger charge is 2.19. The number of hydrogen-bond donors (Lipinski definition) is 2. The van der Waals surface area contributed by atoms with Crippen molar-refractivity contribution in [3.8, 4) is 10.7 Å². The second-order valence-electron chi connectivity index (χ2n) is 5.02. The van der Waals surface area contributed by atoms with Gasteiger partial charge >= 0.3 is 0 Å². The molecule has 118 valence electrons. The topological polar surface area (TPSA) is 93.8 Å². The predicted molar refractivity (Wildman–Crippen MR) is 92.1 cm³/mol. The summed E-state index contributed by atoms with van der Waals surface area (Å²) in [6.45, 7) is 1.50. The number of thiazole rings is 1. The first-order valence-electron chi connectivity index (χ1n) is 6.95. The summed E-state index contributed by atoms with van der Waals surface area (Å²) in [5.41, 5.74) is 10.1. The maximum atomic E-state index is 11.5. The van der Waals surface area contributed by atoms with Gasteiger partial charge in [-0.2, -0.15) is 0 Å². The van der Waals surface area contributed by atoms with Crippen LogP contribution in [0.1, 0.15) is 23.5 Å². The Morgan fingerprint density at radius 2 is 2.09 bits per heavy atom. The van der Waals surface area contributed by atoms with E-state index in [0.717, 1.165) is 21.3 Å². The molecule has 3 N–H and O–H groups in total. The third-order valence-corrected chi connectivity index (χ3v) is 4.83. The molecule has 0 fully saturated rings. The number of anilines is 1. The number of nitrogens with zero attached hydrogens (tertiary/aromatic N) is 3. The molecular formula is C15H15N5OS2. The van der Waals surface area contributed by atoms with Crippen molar-refractivity contribution in [2.24, 2.45) is 0 Å². The summed E-state index contributed by atoms with van der Waals surface area (Å²) < 4.78 is 0. The van der Waals surface area contributed by atoms with Gasteiger partial charge < -0.3 is 11.1 Å². The van der Waals surface area contributed by atoms with Crippen LogP contribution >= 0.6 is 22.7 Å². The molecule has 3 aromatic rings. The highest BCUT2D eigenvalue weighted by Crippen LogP contribution is 2.28. The number of hydrogen-bond acceptors (Lipinski definition) is 7. The highest BCUT2D eigenvalue weighted by atomic mass is 32.1. The van der Waals surface area contributed by atoms with E-state index < -0.39 is 0 Å². The fourth-order valence-corrected chi connectivity index (χ4v) is 3.61. The van der Waals surface area contributed by atoms with E-state index in [1.165, 1.54) is 29.6 Å². The quantitative estimate of drug-likeness (QED) is 0.693. The van der Waals surface area contributed by atoms with Crippen molar-refractivity contribution in [1.82, 2.24) is 20.5 Å². The van der Waals surface area contributed by atoms with E-state index in [-0.39, 0.29) is 11.9 Å². The van der Waals surface area contributed by atoms with Crippen LogP contribution < -0.4 is 11.1 Å². The molecule has 0 radical (unpaired) electrons. The van der Waals surface area contributed by atoms with Crippen LogP contribution in [0, 0.1) is 0 Å². The van der Waals surface area contributed by atoms with Crippen molar-refractivity contribution >= 4 is 34.3 Å². The number of carbonyl (C=O) groups is 1. The maximum absolute atomic E-state index is 11.5. The largest absolute Gasteiger partial charge is 0.399 e. The lowest BCUT2D eigenvalue weighted by molar-refractivity contribution is -0.119.